The number of rotatable bonds is 7. The summed E-state index contributed by atoms with van der Waals surface area (Å²) in [6, 6.07) is 0.349. The minimum absolute atomic E-state index is 0.0125. The Hall–Kier alpha value is -1.25. The fourth-order valence-corrected chi connectivity index (χ4v) is 3.11. The zero-order chi connectivity index (χ0) is 15.2. The minimum atomic E-state index is -0.394. The van der Waals surface area contributed by atoms with Crippen LogP contribution in [-0.2, 0) is 4.74 Å². The summed E-state index contributed by atoms with van der Waals surface area (Å²) < 4.78 is 5.77. The number of methoxy groups -OCH3 is 1. The lowest BCUT2D eigenvalue weighted by molar-refractivity contribution is -0.384. The maximum Gasteiger partial charge on any atom is 0.311 e. The van der Waals surface area contributed by atoms with Gasteiger partial charge in [0.25, 0.3) is 0 Å². The molecule has 1 aliphatic heterocycles. The topological polar surface area (TPSA) is 80.5 Å². The van der Waals surface area contributed by atoms with Gasteiger partial charge in [-0.2, -0.15) is 0 Å². The van der Waals surface area contributed by atoms with Crippen LogP contribution in [0.1, 0.15) is 12.8 Å². The zero-order valence-electron chi connectivity index (χ0n) is 11.9. The lowest BCUT2D eigenvalue weighted by Crippen LogP contribution is -2.39. The molecule has 116 valence electrons. The first-order valence-electron chi connectivity index (χ1n) is 6.88. The summed E-state index contributed by atoms with van der Waals surface area (Å²) in [5, 5.41) is 14.7. The molecule has 0 amide bonds. The van der Waals surface area contributed by atoms with Crippen molar-refractivity contribution in [3.8, 4) is 0 Å². The van der Waals surface area contributed by atoms with Crippen LogP contribution >= 0.6 is 15.9 Å². The number of nitrogens with one attached hydrogen (secondary N) is 1. The number of aromatic nitrogens is 1. The molecule has 2 rings (SSSR count). The van der Waals surface area contributed by atoms with Crippen LogP contribution in [0.2, 0.25) is 0 Å². The molecule has 7 nitrogen and oxygen atoms in total. The standard InChI is InChI=1S/C13H19BrN4O3/c1-21-6-5-17(9-10-3-2-4-16-10)13-11(14)7-15-8-12(13)18(19)20/h7-8,10,16H,2-6,9H2,1H3. The highest BCUT2D eigenvalue weighted by atomic mass is 79.9. The number of hydrogen-bond donors (Lipinski definition) is 1. The van der Waals surface area contributed by atoms with E-state index in [9.17, 15) is 10.1 Å². The molecule has 8 heteroatoms. The van der Waals surface area contributed by atoms with E-state index >= 15 is 0 Å². The molecule has 0 aromatic carbocycles. The van der Waals surface area contributed by atoms with Crippen molar-refractivity contribution in [1.82, 2.24) is 10.3 Å². The summed E-state index contributed by atoms with van der Waals surface area (Å²) in [6.07, 6.45) is 5.11. The van der Waals surface area contributed by atoms with Crippen LogP contribution in [0.15, 0.2) is 16.9 Å². The minimum Gasteiger partial charge on any atom is -0.383 e. The maximum absolute atomic E-state index is 11.3. The summed E-state index contributed by atoms with van der Waals surface area (Å²) in [7, 11) is 1.63. The summed E-state index contributed by atoms with van der Waals surface area (Å²) in [6.45, 7) is 2.83. The Kier molecular flexibility index (Phi) is 5.89. The van der Waals surface area contributed by atoms with Gasteiger partial charge in [-0.25, -0.2) is 0 Å². The third-order valence-corrected chi connectivity index (χ3v) is 4.12. The summed E-state index contributed by atoms with van der Waals surface area (Å²) >= 11 is 3.39. The Labute approximate surface area is 132 Å². The second-order valence-electron chi connectivity index (χ2n) is 4.98. The third-order valence-electron chi connectivity index (χ3n) is 3.53. The number of halogens is 1. The van der Waals surface area contributed by atoms with Crippen LogP contribution < -0.4 is 10.2 Å². The van der Waals surface area contributed by atoms with E-state index in [2.05, 4.69) is 26.2 Å². The summed E-state index contributed by atoms with van der Waals surface area (Å²) in [5.74, 6) is 0. The van der Waals surface area contributed by atoms with E-state index in [4.69, 9.17) is 4.74 Å². The molecule has 21 heavy (non-hydrogen) atoms. The zero-order valence-corrected chi connectivity index (χ0v) is 13.5. The molecular formula is C13H19BrN4O3. The predicted molar refractivity (Wildman–Crippen MR) is 83.7 cm³/mol. The second-order valence-corrected chi connectivity index (χ2v) is 5.83. The van der Waals surface area contributed by atoms with Crippen molar-refractivity contribution >= 4 is 27.3 Å². The van der Waals surface area contributed by atoms with E-state index in [1.807, 2.05) is 4.90 Å². The van der Waals surface area contributed by atoms with Gasteiger partial charge in [0.2, 0.25) is 0 Å². The molecule has 2 heterocycles. The first kappa shape index (κ1) is 16.1. The van der Waals surface area contributed by atoms with Crippen LogP contribution in [0.5, 0.6) is 0 Å². The Balaban J connectivity index is 2.28. The van der Waals surface area contributed by atoms with Crippen molar-refractivity contribution in [3.63, 3.8) is 0 Å². The van der Waals surface area contributed by atoms with Crippen molar-refractivity contribution in [1.29, 1.82) is 0 Å². The number of anilines is 1. The van der Waals surface area contributed by atoms with Gasteiger partial charge < -0.3 is 15.0 Å². The predicted octanol–water partition coefficient (Wildman–Crippen LogP) is 1.96. The van der Waals surface area contributed by atoms with Gasteiger partial charge in [0, 0.05) is 32.4 Å². The van der Waals surface area contributed by atoms with Crippen molar-refractivity contribution in [2.45, 2.75) is 18.9 Å². The monoisotopic (exact) mass is 358 g/mol. The van der Waals surface area contributed by atoms with Crippen LogP contribution in [0.4, 0.5) is 11.4 Å². The fourth-order valence-electron chi connectivity index (χ4n) is 2.54. The quantitative estimate of drug-likeness (QED) is 0.592. The van der Waals surface area contributed by atoms with Crippen LogP contribution in [-0.4, -0.2) is 49.3 Å². The lowest BCUT2D eigenvalue weighted by Gasteiger charge is -2.28. The van der Waals surface area contributed by atoms with Gasteiger partial charge in [0.1, 0.15) is 11.9 Å². The second kappa shape index (κ2) is 7.67. The van der Waals surface area contributed by atoms with Crippen molar-refractivity contribution in [3.05, 3.63) is 27.0 Å². The average Bonchev–Trinajstić information content (AvgIpc) is 2.96. The molecule has 1 fully saturated rings. The number of nitrogens with zero attached hydrogens (tertiary/aromatic N) is 3. The molecule has 0 aliphatic carbocycles. The highest BCUT2D eigenvalue weighted by Crippen LogP contribution is 2.35. The first-order valence-corrected chi connectivity index (χ1v) is 7.68. The van der Waals surface area contributed by atoms with Gasteiger partial charge in [0.15, 0.2) is 0 Å². The normalized spacial score (nSPS) is 17.9. The van der Waals surface area contributed by atoms with E-state index in [1.165, 1.54) is 6.20 Å². The number of nitro groups is 1. The average molecular weight is 359 g/mol. The molecule has 1 aliphatic rings. The van der Waals surface area contributed by atoms with Gasteiger partial charge in [-0.05, 0) is 35.3 Å². The molecule has 1 unspecified atom stereocenters. The molecular weight excluding hydrogens is 340 g/mol. The van der Waals surface area contributed by atoms with E-state index in [1.54, 1.807) is 13.3 Å². The van der Waals surface area contributed by atoms with Gasteiger partial charge >= 0.3 is 5.69 Å². The van der Waals surface area contributed by atoms with Crippen molar-refractivity contribution in [2.75, 3.05) is 38.3 Å². The Morgan fingerprint density at radius 2 is 2.43 bits per heavy atom. The Bertz CT molecular complexity index is 494. The molecule has 0 radical (unpaired) electrons. The summed E-state index contributed by atoms with van der Waals surface area (Å²) in [5.41, 5.74) is 0.583. The third kappa shape index (κ3) is 4.12. The van der Waals surface area contributed by atoms with Crippen LogP contribution in [0.3, 0.4) is 0 Å². The molecule has 1 N–H and O–H groups in total. The van der Waals surface area contributed by atoms with Crippen molar-refractivity contribution in [2.24, 2.45) is 0 Å². The van der Waals surface area contributed by atoms with E-state index in [-0.39, 0.29) is 5.69 Å². The molecule has 1 atom stereocenters. The molecule has 1 saturated heterocycles. The lowest BCUT2D eigenvalue weighted by atomic mass is 10.2. The largest absolute Gasteiger partial charge is 0.383 e. The summed E-state index contributed by atoms with van der Waals surface area (Å²) in [4.78, 5) is 16.8. The van der Waals surface area contributed by atoms with Gasteiger partial charge in [-0.15, -0.1) is 0 Å². The highest BCUT2D eigenvalue weighted by Gasteiger charge is 2.26. The number of pyridine rings is 1. The van der Waals surface area contributed by atoms with Crippen molar-refractivity contribution < 1.29 is 9.66 Å². The fraction of sp³-hybridized carbons (Fsp3) is 0.615. The molecule has 0 spiro atoms. The SMILES string of the molecule is COCCN(CC1CCCN1)c1c(Br)cncc1[N+](=O)[O-]. The molecule has 1 aromatic rings. The van der Waals surface area contributed by atoms with Gasteiger partial charge in [-0.3, -0.25) is 15.1 Å². The van der Waals surface area contributed by atoms with Gasteiger partial charge in [-0.1, -0.05) is 0 Å². The number of ether oxygens (including phenoxy) is 1. The Morgan fingerprint density at radius 3 is 3.05 bits per heavy atom. The molecule has 1 aromatic heterocycles. The Morgan fingerprint density at radius 1 is 1.62 bits per heavy atom. The smallest absolute Gasteiger partial charge is 0.311 e. The maximum atomic E-state index is 11.3. The van der Waals surface area contributed by atoms with E-state index in [0.717, 1.165) is 19.4 Å². The first-order chi connectivity index (χ1) is 10.1. The number of hydrogen-bond acceptors (Lipinski definition) is 6. The van der Waals surface area contributed by atoms with Gasteiger partial charge in [0.05, 0.1) is 16.0 Å². The van der Waals surface area contributed by atoms with E-state index < -0.39 is 4.92 Å². The van der Waals surface area contributed by atoms with E-state index in [0.29, 0.717) is 35.9 Å². The van der Waals surface area contributed by atoms with Crippen LogP contribution in [0, 0.1) is 10.1 Å². The highest BCUT2D eigenvalue weighted by molar-refractivity contribution is 9.10. The molecule has 0 saturated carbocycles. The van der Waals surface area contributed by atoms with Crippen LogP contribution in [0.25, 0.3) is 0 Å². The molecule has 0 bridgehead atoms.